The molecule has 0 aliphatic heterocycles. The molecule has 3 aromatic rings. The van der Waals surface area contributed by atoms with Gasteiger partial charge in [-0.05, 0) is 12.0 Å². The number of amides is 1. The van der Waals surface area contributed by atoms with Gasteiger partial charge in [0.1, 0.15) is 10.7 Å². The van der Waals surface area contributed by atoms with Crippen LogP contribution in [0.25, 0.3) is 10.6 Å². The number of carbonyl (C=O) groups excluding carboxylic acids is 1. The molecule has 24 heavy (non-hydrogen) atoms. The van der Waals surface area contributed by atoms with E-state index in [2.05, 4.69) is 15.4 Å². The number of hydrogen-bond acceptors (Lipinski definition) is 5. The Morgan fingerprint density at radius 3 is 2.83 bits per heavy atom. The van der Waals surface area contributed by atoms with Gasteiger partial charge in [-0.1, -0.05) is 30.3 Å². The first-order chi connectivity index (χ1) is 11.7. The summed E-state index contributed by atoms with van der Waals surface area (Å²) < 4.78 is 1.70. The van der Waals surface area contributed by atoms with Crippen LogP contribution in [0.2, 0.25) is 0 Å². The molecule has 0 spiro atoms. The average Bonchev–Trinajstić information content (AvgIpc) is 3.24. The molecule has 0 fully saturated rings. The Hall–Kier alpha value is -2.51. The van der Waals surface area contributed by atoms with E-state index in [1.54, 1.807) is 16.3 Å². The van der Waals surface area contributed by atoms with Crippen LogP contribution >= 0.6 is 11.3 Å². The third kappa shape index (κ3) is 3.69. The maximum Gasteiger partial charge on any atom is 0.271 e. The molecule has 1 unspecified atom stereocenters. The molecule has 6 nitrogen and oxygen atoms in total. The van der Waals surface area contributed by atoms with Gasteiger partial charge in [0.05, 0.1) is 12.2 Å². The van der Waals surface area contributed by atoms with Gasteiger partial charge in [0.15, 0.2) is 0 Å². The summed E-state index contributed by atoms with van der Waals surface area (Å²) in [6.45, 7) is -0.00214. The van der Waals surface area contributed by atoms with Crippen LogP contribution in [0, 0.1) is 0 Å². The number of hydrogen-bond donors (Lipinski definition) is 2. The van der Waals surface area contributed by atoms with Gasteiger partial charge in [0, 0.05) is 30.8 Å². The quantitative estimate of drug-likeness (QED) is 0.721. The molecular weight excluding hydrogens is 324 g/mol. The van der Waals surface area contributed by atoms with Crippen LogP contribution < -0.4 is 5.32 Å². The minimum absolute atomic E-state index is 0.00214. The number of aromatic nitrogens is 3. The third-order valence-corrected chi connectivity index (χ3v) is 4.51. The van der Waals surface area contributed by atoms with E-state index in [9.17, 15) is 9.90 Å². The highest BCUT2D eigenvalue weighted by Crippen LogP contribution is 2.23. The number of aryl methyl sites for hydroxylation is 1. The fraction of sp³-hybridized carbons (Fsp3) is 0.235. The Bertz CT molecular complexity index is 813. The Kier molecular flexibility index (Phi) is 5.02. The topological polar surface area (TPSA) is 80.0 Å². The summed E-state index contributed by atoms with van der Waals surface area (Å²) in [7, 11) is 1.84. The van der Waals surface area contributed by atoms with Gasteiger partial charge in [-0.3, -0.25) is 9.48 Å². The Morgan fingerprint density at radius 1 is 1.38 bits per heavy atom. The largest absolute Gasteiger partial charge is 0.396 e. The predicted octanol–water partition coefficient (Wildman–Crippen LogP) is 2.40. The number of thiazole rings is 1. The molecule has 2 N–H and O–H groups in total. The first kappa shape index (κ1) is 16.4. The summed E-state index contributed by atoms with van der Waals surface area (Å²) in [5.41, 5.74) is 2.22. The molecule has 1 aromatic carbocycles. The number of carbonyl (C=O) groups is 1. The van der Waals surface area contributed by atoms with Crippen molar-refractivity contribution < 1.29 is 9.90 Å². The third-order valence-electron chi connectivity index (χ3n) is 3.61. The minimum Gasteiger partial charge on any atom is -0.396 e. The minimum atomic E-state index is -0.247. The van der Waals surface area contributed by atoms with Crippen molar-refractivity contribution in [1.82, 2.24) is 20.1 Å². The van der Waals surface area contributed by atoms with Gasteiger partial charge in [-0.2, -0.15) is 5.10 Å². The Morgan fingerprint density at radius 2 is 2.17 bits per heavy atom. The molecule has 0 radical (unpaired) electrons. The number of rotatable bonds is 6. The number of nitrogens with zero attached hydrogens (tertiary/aromatic N) is 3. The van der Waals surface area contributed by atoms with E-state index >= 15 is 0 Å². The van der Waals surface area contributed by atoms with Gasteiger partial charge in [0.25, 0.3) is 5.91 Å². The zero-order chi connectivity index (χ0) is 16.9. The molecule has 124 valence electrons. The van der Waals surface area contributed by atoms with E-state index in [4.69, 9.17) is 0 Å². The first-order valence-corrected chi connectivity index (χ1v) is 8.46. The molecule has 7 heteroatoms. The van der Waals surface area contributed by atoms with E-state index in [-0.39, 0.29) is 18.6 Å². The zero-order valence-electron chi connectivity index (χ0n) is 13.2. The highest BCUT2D eigenvalue weighted by atomic mass is 32.1. The molecule has 1 amide bonds. The molecule has 0 aliphatic rings. The number of benzene rings is 1. The molecule has 0 saturated carbocycles. The zero-order valence-corrected chi connectivity index (χ0v) is 14.0. The van der Waals surface area contributed by atoms with Crippen molar-refractivity contribution in [3.05, 3.63) is 59.4 Å². The fourth-order valence-electron chi connectivity index (χ4n) is 2.41. The molecule has 0 bridgehead atoms. The molecular formula is C17H18N4O2S. The highest BCUT2D eigenvalue weighted by Gasteiger charge is 2.18. The van der Waals surface area contributed by atoms with E-state index in [0.717, 1.165) is 16.1 Å². The SMILES string of the molecule is Cn1cc(-c2nc(C(=O)NC(CCO)c3ccccc3)cs2)cn1. The van der Waals surface area contributed by atoms with E-state index in [1.807, 2.05) is 43.6 Å². The second kappa shape index (κ2) is 7.37. The maximum absolute atomic E-state index is 12.5. The molecule has 1 atom stereocenters. The van der Waals surface area contributed by atoms with Crippen molar-refractivity contribution in [3.8, 4) is 10.6 Å². The van der Waals surface area contributed by atoms with Gasteiger partial charge >= 0.3 is 0 Å². The lowest BCUT2D eigenvalue weighted by molar-refractivity contribution is 0.0925. The molecule has 0 aliphatic carbocycles. The van der Waals surface area contributed by atoms with Crippen molar-refractivity contribution in [1.29, 1.82) is 0 Å². The summed E-state index contributed by atoms with van der Waals surface area (Å²) in [4.78, 5) is 16.9. The summed E-state index contributed by atoms with van der Waals surface area (Å²) >= 11 is 1.41. The number of nitrogens with one attached hydrogen (secondary N) is 1. The van der Waals surface area contributed by atoms with Gasteiger partial charge in [-0.25, -0.2) is 4.98 Å². The molecule has 2 heterocycles. The standard InChI is InChI=1S/C17H18N4O2S/c1-21-10-13(9-18-21)17-20-15(11-24-17)16(23)19-14(7-8-22)12-5-3-2-4-6-12/h2-6,9-11,14,22H,7-8H2,1H3,(H,19,23). The van der Waals surface area contributed by atoms with Crippen LogP contribution in [-0.4, -0.2) is 32.4 Å². The second-order valence-electron chi connectivity index (χ2n) is 5.39. The summed E-state index contributed by atoms with van der Waals surface area (Å²) in [5, 5.41) is 18.8. The Labute approximate surface area is 143 Å². The van der Waals surface area contributed by atoms with Crippen molar-refractivity contribution in [2.45, 2.75) is 12.5 Å². The first-order valence-electron chi connectivity index (χ1n) is 7.58. The lowest BCUT2D eigenvalue weighted by atomic mass is 10.0. The van der Waals surface area contributed by atoms with Crippen LogP contribution in [0.5, 0.6) is 0 Å². The monoisotopic (exact) mass is 342 g/mol. The fourth-order valence-corrected chi connectivity index (χ4v) is 3.19. The molecule has 2 aromatic heterocycles. The van der Waals surface area contributed by atoms with Crippen molar-refractivity contribution in [2.24, 2.45) is 7.05 Å². The normalized spacial score (nSPS) is 12.1. The van der Waals surface area contributed by atoms with Crippen molar-refractivity contribution in [2.75, 3.05) is 6.61 Å². The Balaban J connectivity index is 1.75. The van der Waals surface area contributed by atoms with Crippen LogP contribution in [0.15, 0.2) is 48.1 Å². The lowest BCUT2D eigenvalue weighted by Crippen LogP contribution is -2.29. The molecule has 0 saturated heterocycles. The van der Waals surface area contributed by atoms with Crippen LogP contribution in [0.1, 0.15) is 28.5 Å². The summed E-state index contributed by atoms with van der Waals surface area (Å²) in [6.07, 6.45) is 4.04. The van der Waals surface area contributed by atoms with Crippen LogP contribution in [-0.2, 0) is 7.05 Å². The predicted molar refractivity (Wildman–Crippen MR) is 92.7 cm³/mol. The van der Waals surface area contributed by atoms with Crippen molar-refractivity contribution in [3.63, 3.8) is 0 Å². The summed E-state index contributed by atoms with van der Waals surface area (Å²) in [6, 6.07) is 9.37. The van der Waals surface area contributed by atoms with E-state index in [0.29, 0.717) is 12.1 Å². The number of aliphatic hydroxyl groups excluding tert-OH is 1. The van der Waals surface area contributed by atoms with E-state index in [1.165, 1.54) is 11.3 Å². The van der Waals surface area contributed by atoms with Gasteiger partial charge in [-0.15, -0.1) is 11.3 Å². The van der Waals surface area contributed by atoms with Crippen LogP contribution in [0.3, 0.4) is 0 Å². The molecule has 3 rings (SSSR count). The average molecular weight is 342 g/mol. The maximum atomic E-state index is 12.5. The summed E-state index contributed by atoms with van der Waals surface area (Å²) in [5.74, 6) is -0.247. The highest BCUT2D eigenvalue weighted by molar-refractivity contribution is 7.13. The smallest absolute Gasteiger partial charge is 0.271 e. The van der Waals surface area contributed by atoms with Gasteiger partial charge in [0.2, 0.25) is 0 Å². The van der Waals surface area contributed by atoms with Crippen molar-refractivity contribution >= 4 is 17.2 Å². The number of aliphatic hydroxyl groups is 1. The second-order valence-corrected chi connectivity index (χ2v) is 6.25. The lowest BCUT2D eigenvalue weighted by Gasteiger charge is -2.17. The van der Waals surface area contributed by atoms with E-state index < -0.39 is 0 Å². The van der Waals surface area contributed by atoms with Crippen LogP contribution in [0.4, 0.5) is 0 Å². The van der Waals surface area contributed by atoms with Gasteiger partial charge < -0.3 is 10.4 Å².